The third-order valence-corrected chi connectivity index (χ3v) is 5.90. The number of esters is 2. The molecule has 0 N–H and O–H groups in total. The number of benzene rings is 2. The summed E-state index contributed by atoms with van der Waals surface area (Å²) in [7, 11) is 1.44. The summed E-state index contributed by atoms with van der Waals surface area (Å²) >= 11 is 1.07. The van der Waals surface area contributed by atoms with Gasteiger partial charge in [0.05, 0.1) is 12.0 Å². The van der Waals surface area contributed by atoms with Crippen LogP contribution in [0.5, 0.6) is 0 Å². The summed E-state index contributed by atoms with van der Waals surface area (Å²) < 4.78 is 26.6. The highest BCUT2D eigenvalue weighted by molar-refractivity contribution is 7.21. The minimum Gasteiger partial charge on any atom is -0.462 e. The first-order chi connectivity index (χ1) is 14.9. The van der Waals surface area contributed by atoms with Crippen LogP contribution in [0.1, 0.15) is 32.6 Å². The van der Waals surface area contributed by atoms with Crippen molar-refractivity contribution < 1.29 is 23.5 Å². The quantitative estimate of drug-likeness (QED) is 0.439. The predicted molar refractivity (Wildman–Crippen MR) is 114 cm³/mol. The standard InChI is InChI=1S/C22H17FN2O5S/c1-3-29-22(28)19-14(17-15(23)9-6-10-16(17)31-19)11-30-21(27)18-12-7-4-5-8-13(12)20(26)25(2)24-18/h4-10H,3,11H2,1-2H3. The van der Waals surface area contributed by atoms with Crippen LogP contribution in [-0.4, -0.2) is 28.3 Å². The number of hydrogen-bond donors (Lipinski definition) is 0. The molecule has 0 aliphatic carbocycles. The number of carbonyl (C=O) groups excluding carboxylic acids is 2. The molecule has 0 fully saturated rings. The molecule has 31 heavy (non-hydrogen) atoms. The monoisotopic (exact) mass is 440 g/mol. The number of ether oxygens (including phenoxy) is 2. The Balaban J connectivity index is 1.73. The van der Waals surface area contributed by atoms with Crippen LogP contribution >= 0.6 is 11.3 Å². The maximum atomic E-state index is 14.5. The Kier molecular flexibility index (Phi) is 5.51. The largest absolute Gasteiger partial charge is 0.462 e. The lowest BCUT2D eigenvalue weighted by Crippen LogP contribution is -2.23. The van der Waals surface area contributed by atoms with Crippen LogP contribution in [0.3, 0.4) is 0 Å². The predicted octanol–water partition coefficient (Wildman–Crippen LogP) is 3.82. The fraction of sp³-hybridized carbons (Fsp3) is 0.182. The molecule has 0 aliphatic rings. The van der Waals surface area contributed by atoms with E-state index in [4.69, 9.17) is 9.47 Å². The zero-order chi connectivity index (χ0) is 22.1. The summed E-state index contributed by atoms with van der Waals surface area (Å²) in [6.07, 6.45) is 0. The molecule has 0 unspecified atom stereocenters. The van der Waals surface area contributed by atoms with Gasteiger partial charge in [-0.25, -0.2) is 18.7 Å². The Morgan fingerprint density at radius 2 is 1.81 bits per heavy atom. The molecule has 2 heterocycles. The summed E-state index contributed by atoms with van der Waals surface area (Å²) in [6, 6.07) is 11.1. The number of hydrogen-bond acceptors (Lipinski definition) is 7. The van der Waals surface area contributed by atoms with Gasteiger partial charge < -0.3 is 9.47 Å². The normalized spacial score (nSPS) is 11.1. The smallest absolute Gasteiger partial charge is 0.359 e. The van der Waals surface area contributed by atoms with Crippen LogP contribution in [0.2, 0.25) is 0 Å². The second-order valence-corrected chi connectivity index (χ2v) is 7.69. The number of aryl methyl sites for hydroxylation is 1. The molecule has 0 atom stereocenters. The highest BCUT2D eigenvalue weighted by Gasteiger charge is 2.24. The molecule has 0 amide bonds. The second-order valence-electron chi connectivity index (χ2n) is 6.64. The Bertz CT molecular complexity index is 1390. The molecule has 7 nitrogen and oxygen atoms in total. The number of aromatic nitrogens is 2. The minimum absolute atomic E-state index is 0.0459. The van der Waals surface area contributed by atoms with E-state index in [1.54, 1.807) is 43.3 Å². The summed E-state index contributed by atoms with van der Waals surface area (Å²) in [5.41, 5.74) is -0.155. The summed E-state index contributed by atoms with van der Waals surface area (Å²) in [6.45, 7) is 1.47. The van der Waals surface area contributed by atoms with E-state index in [0.29, 0.717) is 15.5 Å². The molecule has 4 aromatic rings. The maximum Gasteiger partial charge on any atom is 0.359 e. The van der Waals surface area contributed by atoms with Gasteiger partial charge in [0.1, 0.15) is 17.3 Å². The molecule has 0 spiro atoms. The minimum atomic E-state index is -0.794. The van der Waals surface area contributed by atoms with Gasteiger partial charge in [-0.05, 0) is 25.1 Å². The van der Waals surface area contributed by atoms with Crippen molar-refractivity contribution in [2.24, 2.45) is 7.05 Å². The fourth-order valence-electron chi connectivity index (χ4n) is 3.32. The van der Waals surface area contributed by atoms with Crippen LogP contribution in [0.25, 0.3) is 20.9 Å². The van der Waals surface area contributed by atoms with Gasteiger partial charge in [0.15, 0.2) is 5.69 Å². The first-order valence-electron chi connectivity index (χ1n) is 9.42. The first kappa shape index (κ1) is 20.7. The topological polar surface area (TPSA) is 87.5 Å². The number of carbonyl (C=O) groups is 2. The average Bonchev–Trinajstić information content (AvgIpc) is 3.15. The van der Waals surface area contributed by atoms with Crippen LogP contribution in [0.15, 0.2) is 47.3 Å². The zero-order valence-electron chi connectivity index (χ0n) is 16.7. The van der Waals surface area contributed by atoms with Gasteiger partial charge in [-0.1, -0.05) is 24.3 Å². The van der Waals surface area contributed by atoms with E-state index in [9.17, 15) is 18.8 Å². The van der Waals surface area contributed by atoms with E-state index >= 15 is 0 Å². The zero-order valence-corrected chi connectivity index (χ0v) is 17.5. The van der Waals surface area contributed by atoms with Gasteiger partial charge in [-0.15, -0.1) is 11.3 Å². The van der Waals surface area contributed by atoms with Crippen molar-refractivity contribution in [3.63, 3.8) is 0 Å². The van der Waals surface area contributed by atoms with Crippen molar-refractivity contribution >= 4 is 44.1 Å². The van der Waals surface area contributed by atoms with E-state index in [-0.39, 0.29) is 40.3 Å². The van der Waals surface area contributed by atoms with E-state index < -0.39 is 17.8 Å². The Hall–Kier alpha value is -3.59. The highest BCUT2D eigenvalue weighted by atomic mass is 32.1. The van der Waals surface area contributed by atoms with Crippen molar-refractivity contribution in [2.75, 3.05) is 6.61 Å². The SMILES string of the molecule is CCOC(=O)c1sc2cccc(F)c2c1COC(=O)c1nn(C)c(=O)c2ccccc12. The molecular weight excluding hydrogens is 423 g/mol. The number of fused-ring (bicyclic) bond motifs is 2. The number of nitrogens with zero attached hydrogens (tertiary/aromatic N) is 2. The fourth-order valence-corrected chi connectivity index (χ4v) is 4.44. The lowest BCUT2D eigenvalue weighted by Gasteiger charge is -2.09. The number of rotatable bonds is 5. The molecule has 4 rings (SSSR count). The Morgan fingerprint density at radius 3 is 2.55 bits per heavy atom. The van der Waals surface area contributed by atoms with Crippen molar-refractivity contribution in [2.45, 2.75) is 13.5 Å². The van der Waals surface area contributed by atoms with Crippen LogP contribution < -0.4 is 5.56 Å². The van der Waals surface area contributed by atoms with Crippen molar-refractivity contribution in [3.05, 3.63) is 74.8 Å². The lowest BCUT2D eigenvalue weighted by atomic mass is 10.1. The van der Waals surface area contributed by atoms with Crippen molar-refractivity contribution in [3.8, 4) is 0 Å². The number of thiophene rings is 1. The molecule has 0 saturated carbocycles. The molecule has 0 radical (unpaired) electrons. The van der Waals surface area contributed by atoms with E-state index in [1.165, 1.54) is 13.1 Å². The average molecular weight is 440 g/mol. The third kappa shape index (κ3) is 3.68. The van der Waals surface area contributed by atoms with Gasteiger partial charge in [0, 0.05) is 28.1 Å². The van der Waals surface area contributed by atoms with E-state index in [2.05, 4.69) is 5.10 Å². The van der Waals surface area contributed by atoms with Gasteiger partial charge in [-0.2, -0.15) is 5.10 Å². The van der Waals surface area contributed by atoms with Crippen LogP contribution in [-0.2, 0) is 23.1 Å². The number of halogens is 1. The van der Waals surface area contributed by atoms with Crippen molar-refractivity contribution in [1.82, 2.24) is 9.78 Å². The van der Waals surface area contributed by atoms with Gasteiger partial charge >= 0.3 is 11.9 Å². The summed E-state index contributed by atoms with van der Waals surface area (Å²) in [4.78, 5) is 37.7. The summed E-state index contributed by atoms with van der Waals surface area (Å²) in [5, 5.41) is 4.92. The van der Waals surface area contributed by atoms with Crippen molar-refractivity contribution in [1.29, 1.82) is 0 Å². The molecule has 2 aromatic carbocycles. The highest BCUT2D eigenvalue weighted by Crippen LogP contribution is 2.34. The maximum absolute atomic E-state index is 14.5. The van der Waals surface area contributed by atoms with Crippen LogP contribution in [0.4, 0.5) is 4.39 Å². The summed E-state index contributed by atoms with van der Waals surface area (Å²) in [5.74, 6) is -1.93. The lowest BCUT2D eigenvalue weighted by molar-refractivity contribution is 0.0448. The van der Waals surface area contributed by atoms with E-state index in [0.717, 1.165) is 16.0 Å². The van der Waals surface area contributed by atoms with Gasteiger partial charge in [0.2, 0.25) is 0 Å². The third-order valence-electron chi connectivity index (χ3n) is 4.72. The molecule has 158 valence electrons. The Morgan fingerprint density at radius 1 is 1.06 bits per heavy atom. The Labute approximate surface area is 179 Å². The molecular formula is C22H17FN2O5S. The first-order valence-corrected chi connectivity index (χ1v) is 10.2. The molecule has 2 aromatic heterocycles. The van der Waals surface area contributed by atoms with Crippen LogP contribution in [0, 0.1) is 5.82 Å². The molecule has 0 aliphatic heterocycles. The van der Waals surface area contributed by atoms with E-state index in [1.807, 2.05) is 0 Å². The van der Waals surface area contributed by atoms with Gasteiger partial charge in [0.25, 0.3) is 5.56 Å². The van der Waals surface area contributed by atoms with Gasteiger partial charge in [-0.3, -0.25) is 4.79 Å². The molecule has 0 bridgehead atoms. The molecule has 0 saturated heterocycles. The second kappa shape index (κ2) is 8.27. The molecule has 9 heteroatoms.